The first kappa shape index (κ1) is 19.2. The van der Waals surface area contributed by atoms with Gasteiger partial charge in [0.25, 0.3) is 0 Å². The van der Waals surface area contributed by atoms with Gasteiger partial charge in [0.1, 0.15) is 5.75 Å². The Bertz CT molecular complexity index is 824. The number of allylic oxidation sites excluding steroid dienone is 2. The van der Waals surface area contributed by atoms with Crippen molar-refractivity contribution in [3.05, 3.63) is 41.1 Å². The van der Waals surface area contributed by atoms with Crippen molar-refractivity contribution < 1.29 is 19.1 Å². The largest absolute Gasteiger partial charge is 0.497 e. The molecule has 1 atom stereocenters. The second-order valence-corrected chi connectivity index (χ2v) is 8.61. The summed E-state index contributed by atoms with van der Waals surface area (Å²) in [6.07, 6.45) is 1.53. The van der Waals surface area contributed by atoms with Gasteiger partial charge in [0.05, 0.1) is 20.3 Å². The number of hydrazine groups is 1. The van der Waals surface area contributed by atoms with Gasteiger partial charge in [0, 0.05) is 43.1 Å². The second-order valence-electron chi connectivity index (χ2n) is 8.61. The van der Waals surface area contributed by atoms with Crippen molar-refractivity contribution in [2.24, 2.45) is 5.41 Å². The Balaban J connectivity index is 1.81. The average molecular weight is 384 g/mol. The van der Waals surface area contributed by atoms with E-state index in [9.17, 15) is 9.59 Å². The molecule has 2 aliphatic heterocycles. The number of ether oxygens (including phenoxy) is 2. The zero-order chi connectivity index (χ0) is 19.9. The number of rotatable bonds is 3. The summed E-state index contributed by atoms with van der Waals surface area (Å²) in [5.41, 5.74) is 2.50. The summed E-state index contributed by atoms with van der Waals surface area (Å²) in [5, 5.41) is 3.85. The summed E-state index contributed by atoms with van der Waals surface area (Å²) < 4.78 is 10.8. The van der Waals surface area contributed by atoms with Crippen molar-refractivity contribution in [1.29, 1.82) is 0 Å². The summed E-state index contributed by atoms with van der Waals surface area (Å²) >= 11 is 0. The fourth-order valence-corrected chi connectivity index (χ4v) is 4.62. The first-order valence-corrected chi connectivity index (χ1v) is 9.95. The van der Waals surface area contributed by atoms with Crippen LogP contribution in [0.1, 0.15) is 44.6 Å². The van der Waals surface area contributed by atoms with Crippen LogP contribution in [0.5, 0.6) is 5.75 Å². The first-order valence-electron chi connectivity index (χ1n) is 9.95. The predicted molar refractivity (Wildman–Crippen MR) is 105 cm³/mol. The molecule has 0 aromatic heterocycles. The molecule has 1 aliphatic carbocycles. The molecule has 4 rings (SSSR count). The molecular weight excluding hydrogens is 356 g/mol. The van der Waals surface area contributed by atoms with Crippen LogP contribution in [-0.4, -0.2) is 55.1 Å². The molecule has 2 heterocycles. The standard InChI is InChI=1S/C22H28N2O4/c1-22(2)13-18-21(19(25)14-22)17(15-5-4-6-16(11-15)27-3)12-20(26)24(18)23-7-9-28-10-8-23/h4-6,11,17H,7-10,12-14H2,1-3H3. The molecule has 150 valence electrons. The highest BCUT2D eigenvalue weighted by molar-refractivity contribution is 6.02. The third-order valence-electron chi connectivity index (χ3n) is 5.88. The van der Waals surface area contributed by atoms with E-state index < -0.39 is 0 Å². The Hall–Kier alpha value is -2.18. The highest BCUT2D eigenvalue weighted by Crippen LogP contribution is 2.47. The number of hydrogen-bond acceptors (Lipinski definition) is 5. The molecular formula is C22H28N2O4. The lowest BCUT2D eigenvalue weighted by atomic mass is 9.69. The van der Waals surface area contributed by atoms with Gasteiger partial charge in [-0.25, -0.2) is 10.0 Å². The number of ketones is 1. The van der Waals surface area contributed by atoms with Gasteiger partial charge in [0.2, 0.25) is 5.91 Å². The van der Waals surface area contributed by atoms with E-state index in [-0.39, 0.29) is 23.0 Å². The van der Waals surface area contributed by atoms with E-state index in [0.29, 0.717) is 39.1 Å². The number of amides is 1. The fraction of sp³-hybridized carbons (Fsp3) is 0.545. The second kappa shape index (κ2) is 7.33. The van der Waals surface area contributed by atoms with Crippen LogP contribution in [0.4, 0.5) is 0 Å². The number of hydrogen-bond donors (Lipinski definition) is 0. The Morgan fingerprint density at radius 1 is 1.14 bits per heavy atom. The Morgan fingerprint density at radius 2 is 1.89 bits per heavy atom. The zero-order valence-corrected chi connectivity index (χ0v) is 16.9. The summed E-state index contributed by atoms with van der Waals surface area (Å²) in [4.78, 5) is 26.5. The number of morpholine rings is 1. The van der Waals surface area contributed by atoms with Gasteiger partial charge in [0.15, 0.2) is 5.78 Å². The van der Waals surface area contributed by atoms with Crippen molar-refractivity contribution in [2.75, 3.05) is 33.4 Å². The number of methoxy groups -OCH3 is 1. The molecule has 1 aromatic rings. The van der Waals surface area contributed by atoms with E-state index >= 15 is 0 Å². The monoisotopic (exact) mass is 384 g/mol. The van der Waals surface area contributed by atoms with Gasteiger partial charge < -0.3 is 9.47 Å². The topological polar surface area (TPSA) is 59.1 Å². The first-order chi connectivity index (χ1) is 13.4. The van der Waals surface area contributed by atoms with Gasteiger partial charge >= 0.3 is 0 Å². The maximum atomic E-state index is 13.3. The molecule has 0 saturated carbocycles. The minimum absolute atomic E-state index is 0.0546. The summed E-state index contributed by atoms with van der Waals surface area (Å²) in [6.45, 7) is 6.74. The lowest BCUT2D eigenvalue weighted by Crippen LogP contribution is -2.55. The fourth-order valence-electron chi connectivity index (χ4n) is 4.62. The van der Waals surface area contributed by atoms with Crippen LogP contribution in [0, 0.1) is 5.41 Å². The number of carbonyl (C=O) groups excluding carboxylic acids is 2. The maximum Gasteiger partial charge on any atom is 0.242 e. The molecule has 1 unspecified atom stereocenters. The number of carbonyl (C=O) groups is 2. The SMILES string of the molecule is COc1cccc(C2CC(=O)N(N3CCOCC3)C3=C2C(=O)CC(C)(C)C3)c1. The van der Waals surface area contributed by atoms with Gasteiger partial charge in [-0.2, -0.15) is 0 Å². The molecule has 0 bridgehead atoms. The van der Waals surface area contributed by atoms with Crippen LogP contribution in [0.15, 0.2) is 35.5 Å². The van der Waals surface area contributed by atoms with Crippen molar-refractivity contribution in [3.63, 3.8) is 0 Å². The van der Waals surface area contributed by atoms with Crippen LogP contribution in [0.3, 0.4) is 0 Å². The molecule has 3 aliphatic rings. The van der Waals surface area contributed by atoms with E-state index in [4.69, 9.17) is 9.47 Å². The van der Waals surface area contributed by atoms with E-state index in [2.05, 4.69) is 18.9 Å². The summed E-state index contributed by atoms with van der Waals surface area (Å²) in [7, 11) is 1.63. The highest BCUT2D eigenvalue weighted by atomic mass is 16.5. The summed E-state index contributed by atoms with van der Waals surface area (Å²) in [6, 6.07) is 7.74. The van der Waals surface area contributed by atoms with Gasteiger partial charge in [-0.15, -0.1) is 0 Å². The Kier molecular flexibility index (Phi) is 5.02. The number of nitrogens with zero attached hydrogens (tertiary/aromatic N) is 2. The quantitative estimate of drug-likeness (QED) is 0.802. The van der Waals surface area contributed by atoms with Crippen LogP contribution < -0.4 is 4.74 Å². The van der Waals surface area contributed by atoms with Crippen LogP contribution in [-0.2, 0) is 14.3 Å². The number of Topliss-reactive ketones (excluding diaryl/α,β-unsaturated/α-hetero) is 1. The van der Waals surface area contributed by atoms with E-state index in [1.165, 1.54) is 0 Å². The van der Waals surface area contributed by atoms with Crippen molar-refractivity contribution in [1.82, 2.24) is 10.0 Å². The van der Waals surface area contributed by atoms with Crippen molar-refractivity contribution in [3.8, 4) is 5.75 Å². The van der Waals surface area contributed by atoms with Gasteiger partial charge in [-0.3, -0.25) is 9.59 Å². The molecule has 0 N–H and O–H groups in total. The average Bonchev–Trinajstić information content (AvgIpc) is 2.67. The van der Waals surface area contributed by atoms with Crippen molar-refractivity contribution >= 4 is 11.7 Å². The number of benzene rings is 1. The molecule has 1 aromatic carbocycles. The van der Waals surface area contributed by atoms with Crippen LogP contribution >= 0.6 is 0 Å². The van der Waals surface area contributed by atoms with Crippen molar-refractivity contribution in [2.45, 2.75) is 39.0 Å². The molecule has 1 saturated heterocycles. The maximum absolute atomic E-state index is 13.3. The normalized spacial score (nSPS) is 25.7. The van der Waals surface area contributed by atoms with E-state index in [1.807, 2.05) is 24.3 Å². The minimum Gasteiger partial charge on any atom is -0.497 e. The molecule has 0 spiro atoms. The Labute approximate surface area is 166 Å². The van der Waals surface area contributed by atoms with Crippen LogP contribution in [0.2, 0.25) is 0 Å². The van der Waals surface area contributed by atoms with E-state index in [1.54, 1.807) is 12.1 Å². The lowest BCUT2D eigenvalue weighted by Gasteiger charge is -2.47. The molecule has 0 radical (unpaired) electrons. The zero-order valence-electron chi connectivity index (χ0n) is 16.9. The summed E-state index contributed by atoms with van der Waals surface area (Å²) in [5.74, 6) is 0.744. The molecule has 1 fully saturated rings. The lowest BCUT2D eigenvalue weighted by molar-refractivity contribution is -0.154. The minimum atomic E-state index is -0.210. The molecule has 1 amide bonds. The molecule has 6 nitrogen and oxygen atoms in total. The third kappa shape index (κ3) is 3.47. The highest BCUT2D eigenvalue weighted by Gasteiger charge is 2.45. The van der Waals surface area contributed by atoms with Gasteiger partial charge in [-0.1, -0.05) is 26.0 Å². The molecule has 6 heteroatoms. The van der Waals surface area contributed by atoms with Gasteiger partial charge in [-0.05, 0) is 29.5 Å². The predicted octanol–water partition coefficient (Wildman–Crippen LogP) is 2.90. The smallest absolute Gasteiger partial charge is 0.242 e. The van der Waals surface area contributed by atoms with E-state index in [0.717, 1.165) is 29.0 Å². The van der Waals surface area contributed by atoms with Crippen LogP contribution in [0.25, 0.3) is 0 Å². The Morgan fingerprint density at radius 3 is 2.61 bits per heavy atom. The third-order valence-corrected chi connectivity index (χ3v) is 5.88. The molecule has 28 heavy (non-hydrogen) atoms.